The minimum atomic E-state index is -3.80. The van der Waals surface area contributed by atoms with Crippen molar-refractivity contribution in [3.8, 4) is 11.1 Å². The maximum Gasteiger partial charge on any atom is 0.323 e. The summed E-state index contributed by atoms with van der Waals surface area (Å²) in [4.78, 5) is 11.2. The largest absolute Gasteiger partial charge is 0.480 e. The zero-order chi connectivity index (χ0) is 24.2. The summed E-state index contributed by atoms with van der Waals surface area (Å²) in [5.74, 6) is -1.11. The van der Waals surface area contributed by atoms with E-state index in [1.807, 2.05) is 30.3 Å². The van der Waals surface area contributed by atoms with Crippen LogP contribution in [0.15, 0.2) is 65.6 Å². The lowest BCUT2D eigenvalue weighted by Gasteiger charge is -2.13. The van der Waals surface area contributed by atoms with Gasteiger partial charge < -0.3 is 10.2 Å². The van der Waals surface area contributed by atoms with Gasteiger partial charge in [0, 0.05) is 17.3 Å². The summed E-state index contributed by atoms with van der Waals surface area (Å²) in [6, 6.07) is 16.6. The molecule has 3 rings (SSSR count). The van der Waals surface area contributed by atoms with Crippen molar-refractivity contribution in [2.45, 2.75) is 31.3 Å². The molecule has 33 heavy (non-hydrogen) atoms. The number of nitrogens with one attached hydrogen (secondary N) is 2. The Balaban J connectivity index is 1.77. The molecule has 0 heterocycles. The highest BCUT2D eigenvalue weighted by molar-refractivity contribution is 7.92. The summed E-state index contributed by atoms with van der Waals surface area (Å²) in [5, 5.41) is 21.4. The summed E-state index contributed by atoms with van der Waals surface area (Å²) < 4.78 is 28.5. The number of carboxylic acids is 1. The molecular weight excluding hydrogens is 464 g/mol. The first kappa shape index (κ1) is 24.7. The maximum absolute atomic E-state index is 13.0. The van der Waals surface area contributed by atoms with E-state index in [1.54, 1.807) is 44.2 Å². The van der Waals surface area contributed by atoms with Crippen LogP contribution in [0, 0.1) is 13.8 Å². The van der Waals surface area contributed by atoms with Crippen LogP contribution >= 0.6 is 11.6 Å². The van der Waals surface area contributed by atoms with E-state index in [0.717, 1.165) is 16.7 Å². The van der Waals surface area contributed by atoms with E-state index in [0.29, 0.717) is 21.8 Å². The van der Waals surface area contributed by atoms with Crippen LogP contribution in [-0.2, 0) is 21.4 Å². The van der Waals surface area contributed by atoms with Gasteiger partial charge in [-0.3, -0.25) is 14.8 Å². The van der Waals surface area contributed by atoms with Crippen molar-refractivity contribution in [3.63, 3.8) is 0 Å². The highest BCUT2D eigenvalue weighted by atomic mass is 35.5. The van der Waals surface area contributed by atoms with Gasteiger partial charge in [-0.25, -0.2) is 8.42 Å². The lowest BCUT2D eigenvalue weighted by Crippen LogP contribution is -2.39. The molecule has 3 aromatic carbocycles. The van der Waals surface area contributed by atoms with Gasteiger partial charge in [0.1, 0.15) is 6.04 Å². The Hall–Kier alpha value is -2.91. The number of aliphatic hydroxyl groups is 1. The fourth-order valence-corrected chi connectivity index (χ4v) is 4.88. The SMILES string of the molecule is Cc1cc(S(=O)(=O)Nc2cccc(-c3ccc(CN[C@H](CO)C(=O)O)cc3)c2)c(C)cc1Cl. The Labute approximate surface area is 198 Å². The van der Waals surface area contributed by atoms with Gasteiger partial charge in [-0.15, -0.1) is 0 Å². The number of carbonyl (C=O) groups is 1. The normalized spacial score (nSPS) is 12.4. The van der Waals surface area contributed by atoms with Crippen LogP contribution in [0.5, 0.6) is 0 Å². The molecule has 4 N–H and O–H groups in total. The number of hydrogen-bond donors (Lipinski definition) is 4. The van der Waals surface area contributed by atoms with E-state index in [4.69, 9.17) is 21.8 Å². The van der Waals surface area contributed by atoms with E-state index in [9.17, 15) is 13.2 Å². The number of benzene rings is 3. The van der Waals surface area contributed by atoms with E-state index in [-0.39, 0.29) is 11.4 Å². The Morgan fingerprint density at radius 1 is 1.00 bits per heavy atom. The molecule has 0 saturated heterocycles. The predicted molar refractivity (Wildman–Crippen MR) is 129 cm³/mol. The molecule has 0 unspecified atom stereocenters. The number of aryl methyl sites for hydroxylation is 2. The van der Waals surface area contributed by atoms with E-state index in [1.165, 1.54) is 0 Å². The second-order valence-electron chi connectivity index (χ2n) is 7.70. The molecule has 0 spiro atoms. The van der Waals surface area contributed by atoms with Crippen molar-refractivity contribution in [2.24, 2.45) is 0 Å². The molecule has 0 aliphatic heterocycles. The minimum Gasteiger partial charge on any atom is -0.480 e. The Kier molecular flexibility index (Phi) is 7.76. The topological polar surface area (TPSA) is 116 Å². The molecule has 0 fully saturated rings. The molecule has 9 heteroatoms. The first-order valence-corrected chi connectivity index (χ1v) is 12.0. The third kappa shape index (κ3) is 6.11. The highest BCUT2D eigenvalue weighted by Gasteiger charge is 2.19. The molecule has 1 atom stereocenters. The molecule has 0 amide bonds. The smallest absolute Gasteiger partial charge is 0.323 e. The summed E-state index contributed by atoms with van der Waals surface area (Å²) in [6.45, 7) is 3.25. The van der Waals surface area contributed by atoms with Crippen molar-refractivity contribution in [2.75, 3.05) is 11.3 Å². The number of rotatable bonds is 9. The van der Waals surface area contributed by atoms with Gasteiger partial charge in [-0.1, -0.05) is 48.0 Å². The van der Waals surface area contributed by atoms with Crippen molar-refractivity contribution >= 4 is 33.3 Å². The summed E-state index contributed by atoms with van der Waals surface area (Å²) in [6.07, 6.45) is 0. The second kappa shape index (κ2) is 10.4. The molecule has 0 radical (unpaired) electrons. The zero-order valence-corrected chi connectivity index (χ0v) is 19.7. The monoisotopic (exact) mass is 488 g/mol. The van der Waals surface area contributed by atoms with Crippen molar-refractivity contribution in [3.05, 3.63) is 82.4 Å². The van der Waals surface area contributed by atoms with Gasteiger partial charge in [-0.05, 0) is 65.9 Å². The molecule has 3 aromatic rings. The number of aliphatic hydroxyl groups excluding tert-OH is 1. The first-order chi connectivity index (χ1) is 15.6. The van der Waals surface area contributed by atoms with E-state index in [2.05, 4.69) is 10.0 Å². The van der Waals surface area contributed by atoms with Gasteiger partial charge >= 0.3 is 5.97 Å². The van der Waals surface area contributed by atoms with Crippen LogP contribution < -0.4 is 10.0 Å². The zero-order valence-electron chi connectivity index (χ0n) is 18.2. The average molecular weight is 489 g/mol. The van der Waals surface area contributed by atoms with Crippen LogP contribution in [0.25, 0.3) is 11.1 Å². The van der Waals surface area contributed by atoms with Crippen molar-refractivity contribution < 1.29 is 23.4 Å². The highest BCUT2D eigenvalue weighted by Crippen LogP contribution is 2.28. The second-order valence-corrected chi connectivity index (χ2v) is 9.76. The molecule has 0 bridgehead atoms. The number of carboxylic acid groups (broad SMARTS) is 1. The third-order valence-corrected chi connectivity index (χ3v) is 7.11. The molecule has 7 nitrogen and oxygen atoms in total. The standard InChI is InChI=1S/C24H25ClN2O5S/c1-15-11-23(16(2)10-21(15)25)33(31,32)27-20-5-3-4-19(12-20)18-8-6-17(7-9-18)13-26-22(14-28)24(29)30/h3-12,22,26-28H,13-14H2,1-2H3,(H,29,30)/t22-/m1/s1. The fourth-order valence-electron chi connectivity index (χ4n) is 3.30. The molecule has 0 aliphatic carbocycles. The van der Waals surface area contributed by atoms with Crippen LogP contribution in [0.2, 0.25) is 5.02 Å². The number of halogens is 1. The predicted octanol–water partition coefficient (Wildman–Crippen LogP) is 3.96. The number of anilines is 1. The molecule has 0 aromatic heterocycles. The minimum absolute atomic E-state index is 0.175. The van der Waals surface area contributed by atoms with Gasteiger partial charge in [-0.2, -0.15) is 0 Å². The Bertz CT molecular complexity index is 1260. The molecule has 0 aliphatic rings. The number of aliphatic carboxylic acids is 1. The Morgan fingerprint density at radius 3 is 2.33 bits per heavy atom. The lowest BCUT2D eigenvalue weighted by molar-refractivity contribution is -0.140. The summed E-state index contributed by atoms with van der Waals surface area (Å²) >= 11 is 6.10. The molecule has 174 valence electrons. The fraction of sp³-hybridized carbons (Fsp3) is 0.208. The van der Waals surface area contributed by atoms with Crippen molar-refractivity contribution in [1.29, 1.82) is 0 Å². The van der Waals surface area contributed by atoms with Gasteiger partial charge in [0.05, 0.1) is 11.5 Å². The first-order valence-electron chi connectivity index (χ1n) is 10.2. The van der Waals surface area contributed by atoms with Crippen LogP contribution in [0.1, 0.15) is 16.7 Å². The number of hydrogen-bond acceptors (Lipinski definition) is 5. The van der Waals surface area contributed by atoms with Gasteiger partial charge in [0.2, 0.25) is 0 Å². The van der Waals surface area contributed by atoms with Gasteiger partial charge in [0.15, 0.2) is 0 Å². The van der Waals surface area contributed by atoms with Crippen LogP contribution in [0.4, 0.5) is 5.69 Å². The van der Waals surface area contributed by atoms with E-state index >= 15 is 0 Å². The molecule has 0 saturated carbocycles. The van der Waals surface area contributed by atoms with Gasteiger partial charge in [0.25, 0.3) is 10.0 Å². The lowest BCUT2D eigenvalue weighted by atomic mass is 10.0. The summed E-state index contributed by atoms with van der Waals surface area (Å²) in [5.41, 5.74) is 4.21. The summed E-state index contributed by atoms with van der Waals surface area (Å²) in [7, 11) is -3.80. The quantitative estimate of drug-likeness (QED) is 0.362. The maximum atomic E-state index is 13.0. The van der Waals surface area contributed by atoms with Crippen LogP contribution in [0.3, 0.4) is 0 Å². The van der Waals surface area contributed by atoms with E-state index < -0.39 is 28.6 Å². The number of sulfonamides is 1. The third-order valence-electron chi connectivity index (χ3n) is 5.18. The van der Waals surface area contributed by atoms with Crippen molar-refractivity contribution in [1.82, 2.24) is 5.32 Å². The Morgan fingerprint density at radius 2 is 1.70 bits per heavy atom. The van der Waals surface area contributed by atoms with Crippen LogP contribution in [-0.4, -0.2) is 37.2 Å². The average Bonchev–Trinajstić information content (AvgIpc) is 2.76. The molecular formula is C24H25ClN2O5S.